The molecule has 0 saturated heterocycles. The van der Waals surface area contributed by atoms with Crippen LogP contribution in [0.4, 0.5) is 0 Å². The normalized spacial score (nSPS) is 21.8. The van der Waals surface area contributed by atoms with Gasteiger partial charge >= 0.3 is 0 Å². The molecule has 15 heavy (non-hydrogen) atoms. The second kappa shape index (κ2) is 4.53. The van der Waals surface area contributed by atoms with Gasteiger partial charge in [-0.3, -0.25) is 11.3 Å². The Kier molecular flexibility index (Phi) is 3.50. The summed E-state index contributed by atoms with van der Waals surface area (Å²) in [5, 5.41) is 2.11. The second-order valence-electron chi connectivity index (χ2n) is 4.59. The molecule has 2 rings (SSSR count). The topological polar surface area (TPSA) is 38.0 Å². The van der Waals surface area contributed by atoms with Crippen LogP contribution in [0, 0.1) is 5.41 Å². The summed E-state index contributed by atoms with van der Waals surface area (Å²) in [6, 6.07) is 2.39. The van der Waals surface area contributed by atoms with Gasteiger partial charge in [0.05, 0.1) is 6.04 Å². The molecule has 1 fully saturated rings. The number of hydrogen-bond acceptors (Lipinski definition) is 3. The lowest BCUT2D eigenvalue weighted by atomic mass is 9.80. The van der Waals surface area contributed by atoms with E-state index in [9.17, 15) is 0 Å². The van der Waals surface area contributed by atoms with Gasteiger partial charge in [-0.25, -0.2) is 0 Å². The van der Waals surface area contributed by atoms with E-state index in [1.165, 1.54) is 35.0 Å². The molecular formula is C11H17BrN2S. The standard InChI is InChI=1S/C11H17BrN2S/c1-11(5-2-3-6-11)10(14-13)9-8(12)4-7-15-9/h4,7,10,14H,2-3,5-6,13H2,1H3. The fraction of sp³-hybridized carbons (Fsp3) is 0.636. The van der Waals surface area contributed by atoms with E-state index in [0.29, 0.717) is 5.41 Å². The molecule has 4 heteroatoms. The van der Waals surface area contributed by atoms with Crippen LogP contribution in [0.1, 0.15) is 43.5 Å². The predicted molar refractivity (Wildman–Crippen MR) is 68.7 cm³/mol. The Morgan fingerprint density at radius 3 is 2.67 bits per heavy atom. The molecule has 3 N–H and O–H groups in total. The van der Waals surface area contributed by atoms with E-state index in [0.717, 1.165) is 0 Å². The monoisotopic (exact) mass is 288 g/mol. The van der Waals surface area contributed by atoms with Crippen molar-refractivity contribution in [2.75, 3.05) is 0 Å². The van der Waals surface area contributed by atoms with Crippen LogP contribution < -0.4 is 11.3 Å². The van der Waals surface area contributed by atoms with E-state index in [-0.39, 0.29) is 6.04 Å². The Morgan fingerprint density at radius 1 is 1.53 bits per heavy atom. The van der Waals surface area contributed by atoms with Gasteiger partial charge in [-0.05, 0) is 45.6 Å². The van der Waals surface area contributed by atoms with Crippen molar-refractivity contribution in [3.05, 3.63) is 20.8 Å². The Morgan fingerprint density at radius 2 is 2.20 bits per heavy atom. The zero-order valence-corrected chi connectivity index (χ0v) is 11.3. The number of hydrazine groups is 1. The van der Waals surface area contributed by atoms with Crippen LogP contribution in [0.25, 0.3) is 0 Å². The molecule has 0 bridgehead atoms. The van der Waals surface area contributed by atoms with E-state index < -0.39 is 0 Å². The van der Waals surface area contributed by atoms with Gasteiger partial charge in [0, 0.05) is 9.35 Å². The van der Waals surface area contributed by atoms with Crippen LogP contribution in [0.2, 0.25) is 0 Å². The fourth-order valence-electron chi connectivity index (χ4n) is 2.58. The summed E-state index contributed by atoms with van der Waals surface area (Å²) in [6.07, 6.45) is 5.20. The third-order valence-electron chi connectivity index (χ3n) is 3.52. The minimum atomic E-state index is 0.286. The molecular weight excluding hydrogens is 272 g/mol. The molecule has 1 aromatic rings. The molecule has 0 aromatic carbocycles. The van der Waals surface area contributed by atoms with E-state index >= 15 is 0 Å². The summed E-state index contributed by atoms with van der Waals surface area (Å²) in [4.78, 5) is 1.34. The number of nitrogens with two attached hydrogens (primary N) is 1. The lowest BCUT2D eigenvalue weighted by Crippen LogP contribution is -2.38. The first-order chi connectivity index (χ1) is 7.17. The van der Waals surface area contributed by atoms with Crippen molar-refractivity contribution >= 4 is 27.3 Å². The minimum absolute atomic E-state index is 0.286. The summed E-state index contributed by atoms with van der Waals surface area (Å²) in [7, 11) is 0. The summed E-state index contributed by atoms with van der Waals surface area (Å²) < 4.78 is 1.18. The number of rotatable bonds is 3. The molecule has 2 nitrogen and oxygen atoms in total. The largest absolute Gasteiger partial charge is 0.271 e. The smallest absolute Gasteiger partial charge is 0.0618 e. The molecule has 1 aliphatic carbocycles. The van der Waals surface area contributed by atoms with Gasteiger partial charge in [0.15, 0.2) is 0 Å². The Balaban J connectivity index is 2.27. The maximum atomic E-state index is 5.73. The van der Waals surface area contributed by atoms with Gasteiger partial charge in [0.25, 0.3) is 0 Å². The van der Waals surface area contributed by atoms with Crippen molar-refractivity contribution < 1.29 is 0 Å². The van der Waals surface area contributed by atoms with Crippen molar-refractivity contribution in [2.45, 2.75) is 38.6 Å². The van der Waals surface area contributed by atoms with E-state index in [1.54, 1.807) is 11.3 Å². The van der Waals surface area contributed by atoms with Crippen LogP contribution in [0.15, 0.2) is 15.9 Å². The maximum Gasteiger partial charge on any atom is 0.0618 e. The molecule has 1 aliphatic rings. The lowest BCUT2D eigenvalue weighted by Gasteiger charge is -2.33. The Hall–Kier alpha value is 0.100. The highest BCUT2D eigenvalue weighted by atomic mass is 79.9. The molecule has 84 valence electrons. The molecule has 0 radical (unpaired) electrons. The van der Waals surface area contributed by atoms with E-state index in [2.05, 4.69) is 39.7 Å². The van der Waals surface area contributed by atoms with E-state index in [1.807, 2.05) is 0 Å². The molecule has 1 aromatic heterocycles. The van der Waals surface area contributed by atoms with Crippen molar-refractivity contribution in [1.29, 1.82) is 0 Å². The quantitative estimate of drug-likeness (QED) is 0.659. The molecule has 1 saturated carbocycles. The second-order valence-corrected chi connectivity index (χ2v) is 6.40. The van der Waals surface area contributed by atoms with Gasteiger partial charge in [0.2, 0.25) is 0 Å². The first-order valence-electron chi connectivity index (χ1n) is 5.36. The molecule has 0 amide bonds. The van der Waals surface area contributed by atoms with Crippen LogP contribution in [-0.4, -0.2) is 0 Å². The zero-order valence-electron chi connectivity index (χ0n) is 8.92. The third kappa shape index (κ3) is 2.13. The Labute approximate surface area is 103 Å². The highest BCUT2D eigenvalue weighted by molar-refractivity contribution is 9.10. The van der Waals surface area contributed by atoms with Gasteiger partial charge in [0.1, 0.15) is 0 Å². The first kappa shape index (κ1) is 11.6. The fourth-order valence-corrected chi connectivity index (χ4v) is 4.41. The average Bonchev–Trinajstić information content (AvgIpc) is 2.79. The first-order valence-corrected chi connectivity index (χ1v) is 7.04. The molecule has 1 atom stereocenters. The number of halogens is 1. The van der Waals surface area contributed by atoms with Crippen molar-refractivity contribution in [3.63, 3.8) is 0 Å². The van der Waals surface area contributed by atoms with Crippen molar-refractivity contribution in [2.24, 2.45) is 11.3 Å². The molecule has 1 heterocycles. The van der Waals surface area contributed by atoms with E-state index in [4.69, 9.17) is 5.84 Å². The van der Waals surface area contributed by atoms with Crippen molar-refractivity contribution in [1.82, 2.24) is 5.43 Å². The molecule has 1 unspecified atom stereocenters. The summed E-state index contributed by atoms with van der Waals surface area (Å²) in [5.41, 5.74) is 3.33. The third-order valence-corrected chi connectivity index (χ3v) is 5.45. The van der Waals surface area contributed by atoms with Crippen LogP contribution in [0.3, 0.4) is 0 Å². The number of thiophene rings is 1. The molecule has 0 aliphatic heterocycles. The average molecular weight is 289 g/mol. The number of nitrogens with one attached hydrogen (secondary N) is 1. The van der Waals surface area contributed by atoms with Crippen LogP contribution >= 0.6 is 27.3 Å². The van der Waals surface area contributed by atoms with Gasteiger partial charge < -0.3 is 0 Å². The maximum absolute atomic E-state index is 5.73. The van der Waals surface area contributed by atoms with Crippen LogP contribution in [0.5, 0.6) is 0 Å². The lowest BCUT2D eigenvalue weighted by molar-refractivity contribution is 0.227. The van der Waals surface area contributed by atoms with Crippen molar-refractivity contribution in [3.8, 4) is 0 Å². The van der Waals surface area contributed by atoms with Gasteiger partial charge in [-0.15, -0.1) is 11.3 Å². The Bertz CT molecular complexity index is 331. The summed E-state index contributed by atoms with van der Waals surface area (Å²) in [5.74, 6) is 5.73. The number of hydrogen-bond donors (Lipinski definition) is 2. The zero-order chi connectivity index (χ0) is 10.9. The van der Waals surface area contributed by atoms with Gasteiger partial charge in [-0.1, -0.05) is 19.8 Å². The highest BCUT2D eigenvalue weighted by Crippen LogP contribution is 2.49. The van der Waals surface area contributed by atoms with Crippen LogP contribution in [-0.2, 0) is 0 Å². The minimum Gasteiger partial charge on any atom is -0.271 e. The predicted octanol–water partition coefficient (Wildman–Crippen LogP) is 3.60. The summed E-state index contributed by atoms with van der Waals surface area (Å²) in [6.45, 7) is 2.34. The summed E-state index contributed by atoms with van der Waals surface area (Å²) >= 11 is 5.37. The molecule has 0 spiro atoms. The SMILES string of the molecule is CC1(C(NN)c2sccc2Br)CCCC1. The highest BCUT2D eigenvalue weighted by Gasteiger charge is 2.38. The van der Waals surface area contributed by atoms with Gasteiger partial charge in [-0.2, -0.15) is 0 Å².